The Kier molecular flexibility index (Phi) is 3.78. The molecule has 5 nitrogen and oxygen atoms in total. The van der Waals surface area contributed by atoms with Crippen LogP contribution in [0.25, 0.3) is 10.9 Å². The molecule has 112 valence electrons. The Bertz CT molecular complexity index is 708. The van der Waals surface area contributed by atoms with Gasteiger partial charge < -0.3 is 10.1 Å². The Balaban J connectivity index is 1.85. The zero-order valence-electron chi connectivity index (χ0n) is 12.5. The van der Waals surface area contributed by atoms with Crippen LogP contribution < -0.4 is 5.56 Å². The van der Waals surface area contributed by atoms with Gasteiger partial charge in [0.05, 0.1) is 23.6 Å². The number of aliphatic hydroxyl groups is 1. The predicted octanol–water partition coefficient (Wildman–Crippen LogP) is 1.43. The van der Waals surface area contributed by atoms with E-state index < -0.39 is 0 Å². The van der Waals surface area contributed by atoms with E-state index in [1.165, 1.54) is 0 Å². The number of nitrogens with one attached hydrogen (secondary N) is 1. The van der Waals surface area contributed by atoms with Crippen molar-refractivity contribution in [2.45, 2.75) is 32.9 Å². The fourth-order valence-corrected chi connectivity index (χ4v) is 3.04. The lowest BCUT2D eigenvalue weighted by atomic mass is 10.0. The minimum atomic E-state index is -0.277. The fraction of sp³-hybridized carbons (Fsp3) is 0.500. The Morgan fingerprint density at radius 3 is 3.05 bits per heavy atom. The van der Waals surface area contributed by atoms with Gasteiger partial charge in [-0.15, -0.1) is 0 Å². The van der Waals surface area contributed by atoms with E-state index in [9.17, 15) is 9.90 Å². The van der Waals surface area contributed by atoms with Crippen molar-refractivity contribution in [3.05, 3.63) is 39.9 Å². The smallest absolute Gasteiger partial charge is 0.258 e. The Morgan fingerprint density at radius 2 is 2.33 bits per heavy atom. The molecule has 0 saturated carbocycles. The first-order valence-corrected chi connectivity index (χ1v) is 7.43. The average molecular weight is 287 g/mol. The highest BCUT2D eigenvalue weighted by Gasteiger charge is 2.26. The van der Waals surface area contributed by atoms with E-state index in [0.717, 1.165) is 30.6 Å². The normalized spacial score (nSPS) is 21.0. The highest BCUT2D eigenvalue weighted by molar-refractivity contribution is 5.80. The Labute approximate surface area is 123 Å². The number of rotatable bonds is 3. The summed E-state index contributed by atoms with van der Waals surface area (Å²) in [5.41, 5.74) is 1.72. The summed E-state index contributed by atoms with van der Waals surface area (Å²) >= 11 is 0. The largest absolute Gasteiger partial charge is 0.393 e. The number of nitrogens with zero attached hydrogens (tertiary/aromatic N) is 2. The maximum absolute atomic E-state index is 12.1. The number of fused-ring (bicyclic) bond motifs is 1. The zero-order chi connectivity index (χ0) is 15.0. The molecule has 1 aliphatic heterocycles. The first kappa shape index (κ1) is 14.2. The number of aromatic nitrogens is 2. The second-order valence-electron chi connectivity index (χ2n) is 6.01. The summed E-state index contributed by atoms with van der Waals surface area (Å²) in [6.45, 7) is 6.23. The first-order valence-electron chi connectivity index (χ1n) is 7.43. The monoisotopic (exact) mass is 287 g/mol. The summed E-state index contributed by atoms with van der Waals surface area (Å²) in [5, 5.41) is 10.3. The quantitative estimate of drug-likeness (QED) is 0.896. The van der Waals surface area contributed by atoms with E-state index in [0.29, 0.717) is 23.7 Å². The molecule has 3 rings (SSSR count). The molecule has 1 aliphatic rings. The topological polar surface area (TPSA) is 69.2 Å². The van der Waals surface area contributed by atoms with Gasteiger partial charge >= 0.3 is 0 Å². The van der Waals surface area contributed by atoms with E-state index in [4.69, 9.17) is 0 Å². The van der Waals surface area contributed by atoms with Gasteiger partial charge in [0.1, 0.15) is 5.82 Å². The van der Waals surface area contributed by atoms with Crippen LogP contribution >= 0.6 is 0 Å². The van der Waals surface area contributed by atoms with Crippen LogP contribution in [0.4, 0.5) is 0 Å². The minimum Gasteiger partial charge on any atom is -0.393 e. The standard InChI is InChI=1S/C16H21N3O2/c1-10-4-3-5-13-15(10)17-14(18-16(13)21)9-19-7-6-12(8-19)11(2)20/h3-5,11-12,20H,6-9H2,1-2H3,(H,17,18,21). The summed E-state index contributed by atoms with van der Waals surface area (Å²) in [7, 11) is 0. The number of hydrogen-bond acceptors (Lipinski definition) is 4. The molecule has 1 aromatic carbocycles. The van der Waals surface area contributed by atoms with E-state index in [1.807, 2.05) is 26.0 Å². The molecule has 2 unspecified atom stereocenters. The molecular weight excluding hydrogens is 266 g/mol. The lowest BCUT2D eigenvalue weighted by molar-refractivity contribution is 0.127. The van der Waals surface area contributed by atoms with Crippen LogP contribution in [0.5, 0.6) is 0 Å². The molecule has 0 bridgehead atoms. The summed E-state index contributed by atoms with van der Waals surface area (Å²) < 4.78 is 0. The molecule has 0 aliphatic carbocycles. The highest BCUT2D eigenvalue weighted by atomic mass is 16.3. The number of H-pyrrole nitrogens is 1. The lowest BCUT2D eigenvalue weighted by Crippen LogP contribution is -2.26. The highest BCUT2D eigenvalue weighted by Crippen LogP contribution is 2.21. The number of aryl methyl sites for hydroxylation is 1. The molecule has 0 radical (unpaired) electrons. The van der Waals surface area contributed by atoms with Gasteiger partial charge in [-0.05, 0) is 44.4 Å². The maximum atomic E-state index is 12.1. The predicted molar refractivity (Wildman–Crippen MR) is 82.2 cm³/mol. The van der Waals surface area contributed by atoms with Crippen molar-refractivity contribution in [2.24, 2.45) is 5.92 Å². The van der Waals surface area contributed by atoms with Gasteiger partial charge in [-0.25, -0.2) is 4.98 Å². The van der Waals surface area contributed by atoms with Gasteiger partial charge in [-0.2, -0.15) is 0 Å². The molecule has 2 aromatic rings. The van der Waals surface area contributed by atoms with Gasteiger partial charge in [0.25, 0.3) is 5.56 Å². The molecule has 0 spiro atoms. The van der Waals surface area contributed by atoms with Gasteiger partial charge in [0.2, 0.25) is 0 Å². The van der Waals surface area contributed by atoms with Crippen LogP contribution in [0.3, 0.4) is 0 Å². The van der Waals surface area contributed by atoms with Gasteiger partial charge in [0, 0.05) is 6.54 Å². The van der Waals surface area contributed by atoms with Crippen molar-refractivity contribution in [3.63, 3.8) is 0 Å². The third kappa shape index (κ3) is 2.84. The molecule has 1 saturated heterocycles. The first-order chi connectivity index (χ1) is 10.0. The van der Waals surface area contributed by atoms with Crippen molar-refractivity contribution in [3.8, 4) is 0 Å². The van der Waals surface area contributed by atoms with E-state index >= 15 is 0 Å². The molecular formula is C16H21N3O2. The molecule has 1 aromatic heterocycles. The van der Waals surface area contributed by atoms with Gasteiger partial charge in [-0.1, -0.05) is 12.1 Å². The van der Waals surface area contributed by atoms with Crippen molar-refractivity contribution >= 4 is 10.9 Å². The second kappa shape index (κ2) is 5.58. The molecule has 2 atom stereocenters. The van der Waals surface area contributed by atoms with E-state index in [2.05, 4.69) is 14.9 Å². The Hall–Kier alpha value is -1.72. The molecule has 2 heterocycles. The van der Waals surface area contributed by atoms with Crippen molar-refractivity contribution in [1.29, 1.82) is 0 Å². The summed E-state index contributed by atoms with van der Waals surface area (Å²) in [6.07, 6.45) is 0.718. The number of hydrogen-bond donors (Lipinski definition) is 2. The van der Waals surface area contributed by atoms with Gasteiger partial charge in [-0.3, -0.25) is 9.69 Å². The van der Waals surface area contributed by atoms with Crippen molar-refractivity contribution in [1.82, 2.24) is 14.9 Å². The van der Waals surface area contributed by atoms with Crippen LogP contribution in [0.15, 0.2) is 23.0 Å². The maximum Gasteiger partial charge on any atom is 0.258 e. The number of aromatic amines is 1. The van der Waals surface area contributed by atoms with Crippen LogP contribution in [-0.2, 0) is 6.54 Å². The number of aliphatic hydroxyl groups excluding tert-OH is 1. The molecule has 2 N–H and O–H groups in total. The number of likely N-dealkylation sites (tertiary alicyclic amines) is 1. The van der Waals surface area contributed by atoms with Crippen molar-refractivity contribution < 1.29 is 5.11 Å². The average Bonchev–Trinajstić information content (AvgIpc) is 2.89. The minimum absolute atomic E-state index is 0.0787. The number of benzene rings is 1. The van der Waals surface area contributed by atoms with Crippen LogP contribution in [0.1, 0.15) is 24.7 Å². The summed E-state index contributed by atoms with van der Waals surface area (Å²) in [6, 6.07) is 5.65. The van der Waals surface area contributed by atoms with Crippen LogP contribution in [0.2, 0.25) is 0 Å². The third-order valence-electron chi connectivity index (χ3n) is 4.35. The van der Waals surface area contributed by atoms with Crippen molar-refractivity contribution in [2.75, 3.05) is 13.1 Å². The second-order valence-corrected chi connectivity index (χ2v) is 6.01. The zero-order valence-corrected chi connectivity index (χ0v) is 12.5. The summed E-state index contributed by atoms with van der Waals surface area (Å²) in [4.78, 5) is 21.9. The number of para-hydroxylation sites is 1. The molecule has 1 fully saturated rings. The SMILES string of the molecule is Cc1cccc2c(=O)[nH]c(CN3CCC(C(C)O)C3)nc12. The molecule has 5 heteroatoms. The van der Waals surface area contributed by atoms with E-state index in [1.54, 1.807) is 6.07 Å². The van der Waals surface area contributed by atoms with Crippen LogP contribution in [-0.4, -0.2) is 39.2 Å². The Morgan fingerprint density at radius 1 is 1.52 bits per heavy atom. The lowest BCUT2D eigenvalue weighted by Gasteiger charge is -2.17. The van der Waals surface area contributed by atoms with E-state index in [-0.39, 0.29) is 11.7 Å². The fourth-order valence-electron chi connectivity index (χ4n) is 3.04. The molecule has 0 amide bonds. The summed E-state index contributed by atoms with van der Waals surface area (Å²) in [5.74, 6) is 1.02. The van der Waals surface area contributed by atoms with Crippen LogP contribution in [0, 0.1) is 12.8 Å². The third-order valence-corrected chi connectivity index (χ3v) is 4.35. The molecule has 21 heavy (non-hydrogen) atoms. The van der Waals surface area contributed by atoms with Gasteiger partial charge in [0.15, 0.2) is 0 Å².